The number of amides is 1. The Kier molecular flexibility index (Phi) is 8.69. The predicted molar refractivity (Wildman–Crippen MR) is 146 cm³/mol. The fourth-order valence-corrected chi connectivity index (χ4v) is 5.11. The van der Waals surface area contributed by atoms with Crippen molar-refractivity contribution in [3.05, 3.63) is 41.6 Å². The largest absolute Gasteiger partial charge is 0.491 e. The third kappa shape index (κ3) is 6.77. The Hall–Kier alpha value is -2.62. The number of benzene rings is 1. The van der Waals surface area contributed by atoms with Crippen molar-refractivity contribution in [2.75, 3.05) is 13.2 Å². The topological polar surface area (TPSA) is 101 Å². The minimum Gasteiger partial charge on any atom is -0.491 e. The lowest BCUT2D eigenvalue weighted by Crippen LogP contribution is -2.45. The molecule has 0 aliphatic heterocycles. The van der Waals surface area contributed by atoms with Crippen molar-refractivity contribution in [2.45, 2.75) is 71.3 Å². The highest BCUT2D eigenvalue weighted by atomic mass is 35.5. The predicted octanol–water partition coefficient (Wildman–Crippen LogP) is 6.59. The van der Waals surface area contributed by atoms with Crippen LogP contribution >= 0.6 is 11.6 Å². The summed E-state index contributed by atoms with van der Waals surface area (Å²) in [6.07, 6.45) is 1.19. The third-order valence-electron chi connectivity index (χ3n) is 6.52. The van der Waals surface area contributed by atoms with Crippen LogP contribution in [0.25, 0.3) is 22.3 Å². The van der Waals surface area contributed by atoms with Crippen molar-refractivity contribution in [3.63, 3.8) is 0 Å². The minimum atomic E-state index is -2.07. The van der Waals surface area contributed by atoms with Gasteiger partial charge >= 0.3 is 6.09 Å². The van der Waals surface area contributed by atoms with E-state index in [1.54, 1.807) is 6.20 Å². The van der Waals surface area contributed by atoms with Gasteiger partial charge in [0.1, 0.15) is 12.4 Å². The lowest BCUT2D eigenvalue weighted by atomic mass is 10.1. The molecule has 1 atom stereocenters. The molecular formula is C26H37ClN4O4Si. The average molecular weight is 533 g/mol. The van der Waals surface area contributed by atoms with Crippen molar-refractivity contribution in [1.82, 2.24) is 14.8 Å². The van der Waals surface area contributed by atoms with E-state index in [2.05, 4.69) is 52.8 Å². The highest BCUT2D eigenvalue weighted by Crippen LogP contribution is 2.38. The van der Waals surface area contributed by atoms with E-state index in [1.807, 2.05) is 35.0 Å². The first kappa shape index (κ1) is 28.0. The van der Waals surface area contributed by atoms with Crippen LogP contribution in [0.1, 0.15) is 47.1 Å². The number of fused-ring (bicyclic) bond motifs is 1. The first-order chi connectivity index (χ1) is 16.8. The summed E-state index contributed by atoms with van der Waals surface area (Å²) in [6, 6.07) is 9.73. The molecule has 1 aromatic carbocycles. The molecule has 2 aromatic heterocycles. The summed E-state index contributed by atoms with van der Waals surface area (Å²) < 4.78 is 19.5. The number of primary amides is 1. The van der Waals surface area contributed by atoms with Gasteiger partial charge in [0.05, 0.1) is 35.0 Å². The number of carbonyl (C=O) groups excluding carboxylic acids is 1. The SMILES string of the molecule is CC(C)n1ncc2c(Cl)cc(-c3cccc(OCC(CCOC(N)=O)O[Si](C)(C)C(C)(C)C)c3)nc21. The van der Waals surface area contributed by atoms with Crippen LogP contribution in [-0.2, 0) is 9.16 Å². The van der Waals surface area contributed by atoms with Crippen molar-refractivity contribution >= 4 is 37.0 Å². The molecule has 3 aromatic rings. The highest BCUT2D eigenvalue weighted by molar-refractivity contribution is 6.74. The number of ether oxygens (including phenoxy) is 2. The first-order valence-electron chi connectivity index (χ1n) is 12.2. The van der Waals surface area contributed by atoms with Gasteiger partial charge in [0.2, 0.25) is 0 Å². The molecule has 0 fully saturated rings. The molecule has 0 aliphatic rings. The normalized spacial score (nSPS) is 13.2. The fraction of sp³-hybridized carbons (Fsp3) is 0.500. The zero-order valence-electron chi connectivity index (χ0n) is 22.2. The average Bonchev–Trinajstić information content (AvgIpc) is 3.21. The van der Waals surface area contributed by atoms with Gasteiger partial charge in [-0.25, -0.2) is 14.5 Å². The Morgan fingerprint density at radius 1 is 1.22 bits per heavy atom. The Bertz CT molecular complexity index is 1210. The number of rotatable bonds is 10. The van der Waals surface area contributed by atoms with Crippen LogP contribution < -0.4 is 10.5 Å². The van der Waals surface area contributed by atoms with Gasteiger partial charge < -0.3 is 19.6 Å². The number of pyridine rings is 1. The van der Waals surface area contributed by atoms with Crippen LogP contribution in [0.4, 0.5) is 4.79 Å². The Morgan fingerprint density at radius 3 is 2.58 bits per heavy atom. The molecule has 0 saturated carbocycles. The monoisotopic (exact) mass is 532 g/mol. The molecule has 0 saturated heterocycles. The van der Waals surface area contributed by atoms with Gasteiger partial charge in [0.15, 0.2) is 14.0 Å². The zero-order valence-corrected chi connectivity index (χ0v) is 23.9. The molecule has 2 N–H and O–H groups in total. The summed E-state index contributed by atoms with van der Waals surface area (Å²) in [5.74, 6) is 0.683. The number of hydrogen-bond acceptors (Lipinski definition) is 6. The second-order valence-electron chi connectivity index (χ2n) is 10.7. The molecule has 0 aliphatic carbocycles. The van der Waals surface area contributed by atoms with E-state index >= 15 is 0 Å². The van der Waals surface area contributed by atoms with E-state index in [0.29, 0.717) is 23.8 Å². The highest BCUT2D eigenvalue weighted by Gasteiger charge is 2.39. The van der Waals surface area contributed by atoms with E-state index in [-0.39, 0.29) is 23.8 Å². The second kappa shape index (κ2) is 11.2. The summed E-state index contributed by atoms with van der Waals surface area (Å²) in [7, 11) is -2.07. The molecule has 0 radical (unpaired) electrons. The third-order valence-corrected chi connectivity index (χ3v) is 11.4. The fourth-order valence-electron chi connectivity index (χ4n) is 3.50. The molecule has 10 heteroatoms. The van der Waals surface area contributed by atoms with Crippen LogP contribution in [0.5, 0.6) is 5.75 Å². The van der Waals surface area contributed by atoms with Crippen LogP contribution in [0.2, 0.25) is 23.2 Å². The van der Waals surface area contributed by atoms with Crippen molar-refractivity contribution < 1.29 is 18.7 Å². The van der Waals surface area contributed by atoms with E-state index < -0.39 is 14.4 Å². The molecule has 0 spiro atoms. The Morgan fingerprint density at radius 2 is 1.94 bits per heavy atom. The molecule has 8 nitrogen and oxygen atoms in total. The summed E-state index contributed by atoms with van der Waals surface area (Å²) in [6.45, 7) is 15.5. The number of halogens is 1. The van der Waals surface area contributed by atoms with Gasteiger partial charge in [-0.05, 0) is 50.2 Å². The molecule has 2 heterocycles. The number of nitrogens with two attached hydrogens (primary N) is 1. The lowest BCUT2D eigenvalue weighted by Gasteiger charge is -2.39. The van der Waals surface area contributed by atoms with Gasteiger partial charge in [-0.15, -0.1) is 0 Å². The van der Waals surface area contributed by atoms with Crippen molar-refractivity contribution in [2.24, 2.45) is 5.73 Å². The van der Waals surface area contributed by atoms with Gasteiger partial charge in [0.25, 0.3) is 0 Å². The quantitative estimate of drug-likeness (QED) is 0.295. The van der Waals surface area contributed by atoms with Gasteiger partial charge in [0, 0.05) is 18.0 Å². The summed E-state index contributed by atoms with van der Waals surface area (Å²) in [5, 5.41) is 5.89. The molecule has 36 heavy (non-hydrogen) atoms. The Balaban J connectivity index is 1.80. The number of hydrogen-bond donors (Lipinski definition) is 1. The summed E-state index contributed by atoms with van der Waals surface area (Å²) >= 11 is 6.56. The van der Waals surface area contributed by atoms with Crippen LogP contribution in [0.15, 0.2) is 36.5 Å². The smallest absolute Gasteiger partial charge is 0.404 e. The summed E-state index contributed by atoms with van der Waals surface area (Å²) in [4.78, 5) is 15.9. The van der Waals surface area contributed by atoms with Crippen LogP contribution in [0.3, 0.4) is 0 Å². The number of nitrogens with zero attached hydrogens (tertiary/aromatic N) is 3. The van der Waals surface area contributed by atoms with E-state index in [0.717, 1.165) is 22.3 Å². The van der Waals surface area contributed by atoms with Crippen molar-refractivity contribution in [3.8, 4) is 17.0 Å². The lowest BCUT2D eigenvalue weighted by molar-refractivity contribution is 0.0809. The van der Waals surface area contributed by atoms with E-state index in [4.69, 9.17) is 36.2 Å². The minimum absolute atomic E-state index is 0.0296. The maximum absolute atomic E-state index is 11.0. The summed E-state index contributed by atoms with van der Waals surface area (Å²) in [5.41, 5.74) is 7.50. The zero-order chi connectivity index (χ0) is 26.7. The van der Waals surface area contributed by atoms with Gasteiger partial charge in [-0.3, -0.25) is 0 Å². The van der Waals surface area contributed by atoms with Crippen LogP contribution in [0, 0.1) is 0 Å². The molecule has 1 amide bonds. The second-order valence-corrected chi connectivity index (χ2v) is 15.9. The van der Waals surface area contributed by atoms with Crippen molar-refractivity contribution in [1.29, 1.82) is 0 Å². The van der Waals surface area contributed by atoms with E-state index in [9.17, 15) is 4.79 Å². The number of aromatic nitrogens is 3. The first-order valence-corrected chi connectivity index (χ1v) is 15.4. The van der Waals surface area contributed by atoms with E-state index in [1.165, 1.54) is 0 Å². The molecule has 3 rings (SSSR count). The molecule has 1 unspecified atom stereocenters. The van der Waals surface area contributed by atoms with Gasteiger partial charge in [-0.1, -0.05) is 44.5 Å². The molecule has 196 valence electrons. The Labute approximate surface area is 219 Å². The van der Waals surface area contributed by atoms with Crippen LogP contribution in [-0.4, -0.2) is 48.5 Å². The maximum Gasteiger partial charge on any atom is 0.404 e. The van der Waals surface area contributed by atoms with Gasteiger partial charge in [-0.2, -0.15) is 5.10 Å². The standard InChI is InChI=1S/C26H37ClN4O4Si/c1-17(2)31-24-21(15-29-31)22(27)14-23(30-24)18-9-8-10-19(13-18)34-16-20(11-12-33-25(28)32)35-36(6,7)26(3,4)5/h8-10,13-15,17,20H,11-12,16H2,1-7H3,(H2,28,32). The maximum atomic E-state index is 11.0. The molecule has 0 bridgehead atoms. The molecular weight excluding hydrogens is 496 g/mol. The number of carbonyl (C=O) groups is 1.